The Kier molecular flexibility index (Phi) is 4.28. The molecule has 0 radical (unpaired) electrons. The van der Waals surface area contributed by atoms with Gasteiger partial charge in [-0.15, -0.1) is 0 Å². The molecule has 0 fully saturated rings. The summed E-state index contributed by atoms with van der Waals surface area (Å²) in [5.74, 6) is 2.06. The van der Waals surface area contributed by atoms with Crippen LogP contribution < -0.4 is 20.5 Å². The largest absolute Gasteiger partial charge is 0.454 e. The maximum atomic E-state index is 5.73. The fourth-order valence-electron chi connectivity index (χ4n) is 1.71. The highest BCUT2D eigenvalue weighted by Crippen LogP contribution is 2.32. The first-order chi connectivity index (χ1) is 9.15. The quantitative estimate of drug-likeness (QED) is 0.478. The van der Waals surface area contributed by atoms with Crippen molar-refractivity contribution in [3.63, 3.8) is 0 Å². The molecule has 0 saturated carbocycles. The SMILES string of the molecule is C=C(C)CN=C(N)NCCc1ccc2c(c1)OCO2. The Bertz CT molecular complexity index is 497. The Labute approximate surface area is 113 Å². The number of hydrogen-bond donors (Lipinski definition) is 2. The molecule has 0 saturated heterocycles. The Morgan fingerprint density at radius 1 is 1.42 bits per heavy atom. The molecule has 2 rings (SSSR count). The zero-order valence-electron chi connectivity index (χ0n) is 11.1. The van der Waals surface area contributed by atoms with Crippen molar-refractivity contribution in [3.8, 4) is 11.5 Å². The number of guanidine groups is 1. The number of hydrogen-bond acceptors (Lipinski definition) is 3. The van der Waals surface area contributed by atoms with Crippen LogP contribution in [0.15, 0.2) is 35.3 Å². The van der Waals surface area contributed by atoms with Gasteiger partial charge in [0.05, 0.1) is 6.54 Å². The number of nitrogens with one attached hydrogen (secondary N) is 1. The fourth-order valence-corrected chi connectivity index (χ4v) is 1.71. The van der Waals surface area contributed by atoms with Crippen LogP contribution in [0, 0.1) is 0 Å². The van der Waals surface area contributed by atoms with Gasteiger partial charge in [0.15, 0.2) is 17.5 Å². The van der Waals surface area contributed by atoms with E-state index in [2.05, 4.69) is 16.9 Å². The minimum Gasteiger partial charge on any atom is -0.454 e. The predicted octanol–water partition coefficient (Wildman–Crippen LogP) is 1.44. The van der Waals surface area contributed by atoms with Gasteiger partial charge >= 0.3 is 0 Å². The molecule has 1 aromatic carbocycles. The molecule has 5 heteroatoms. The van der Waals surface area contributed by atoms with E-state index in [-0.39, 0.29) is 0 Å². The van der Waals surface area contributed by atoms with Crippen molar-refractivity contribution in [1.29, 1.82) is 0 Å². The maximum absolute atomic E-state index is 5.73. The molecule has 0 amide bonds. The molecule has 1 aromatic rings. The molecule has 1 aliphatic rings. The van der Waals surface area contributed by atoms with Crippen molar-refractivity contribution in [3.05, 3.63) is 35.9 Å². The lowest BCUT2D eigenvalue weighted by Gasteiger charge is -2.06. The highest BCUT2D eigenvalue weighted by molar-refractivity contribution is 5.77. The Morgan fingerprint density at radius 3 is 3.00 bits per heavy atom. The predicted molar refractivity (Wildman–Crippen MR) is 75.6 cm³/mol. The van der Waals surface area contributed by atoms with Crippen LogP contribution in [0.5, 0.6) is 11.5 Å². The van der Waals surface area contributed by atoms with Crippen LogP contribution in [0.1, 0.15) is 12.5 Å². The second-order valence-corrected chi connectivity index (χ2v) is 4.52. The summed E-state index contributed by atoms with van der Waals surface area (Å²) in [6.07, 6.45) is 0.847. The van der Waals surface area contributed by atoms with E-state index >= 15 is 0 Å². The molecular weight excluding hydrogens is 242 g/mol. The zero-order valence-corrected chi connectivity index (χ0v) is 11.1. The average Bonchev–Trinajstić information content (AvgIpc) is 2.83. The van der Waals surface area contributed by atoms with Crippen LogP contribution in [0.3, 0.4) is 0 Å². The van der Waals surface area contributed by atoms with Crippen molar-refractivity contribution in [1.82, 2.24) is 5.32 Å². The van der Waals surface area contributed by atoms with Crippen LogP contribution in [-0.4, -0.2) is 25.8 Å². The van der Waals surface area contributed by atoms with Gasteiger partial charge in [0.2, 0.25) is 6.79 Å². The molecule has 0 spiro atoms. The fraction of sp³-hybridized carbons (Fsp3) is 0.357. The van der Waals surface area contributed by atoms with E-state index < -0.39 is 0 Å². The second kappa shape index (κ2) is 6.13. The van der Waals surface area contributed by atoms with Crippen LogP contribution >= 0.6 is 0 Å². The molecule has 0 bridgehead atoms. The van der Waals surface area contributed by atoms with E-state index in [1.807, 2.05) is 25.1 Å². The molecule has 19 heavy (non-hydrogen) atoms. The van der Waals surface area contributed by atoms with Crippen LogP contribution in [0.4, 0.5) is 0 Å². The van der Waals surface area contributed by atoms with E-state index in [0.29, 0.717) is 19.3 Å². The molecule has 3 N–H and O–H groups in total. The molecule has 1 heterocycles. The van der Waals surface area contributed by atoms with Gasteiger partial charge in [0.1, 0.15) is 0 Å². The normalized spacial score (nSPS) is 13.4. The summed E-state index contributed by atoms with van der Waals surface area (Å²) in [6, 6.07) is 5.94. The van der Waals surface area contributed by atoms with Crippen molar-refractivity contribution < 1.29 is 9.47 Å². The summed E-state index contributed by atoms with van der Waals surface area (Å²) in [6.45, 7) is 7.28. The zero-order chi connectivity index (χ0) is 13.7. The summed E-state index contributed by atoms with van der Waals surface area (Å²) in [7, 11) is 0. The average molecular weight is 261 g/mol. The van der Waals surface area contributed by atoms with Crippen molar-refractivity contribution in [2.24, 2.45) is 10.7 Å². The first-order valence-electron chi connectivity index (χ1n) is 6.22. The van der Waals surface area contributed by atoms with Crippen molar-refractivity contribution >= 4 is 5.96 Å². The minimum absolute atomic E-state index is 0.303. The van der Waals surface area contributed by atoms with Gasteiger partial charge < -0.3 is 20.5 Å². The maximum Gasteiger partial charge on any atom is 0.231 e. The van der Waals surface area contributed by atoms with Gasteiger partial charge in [-0.25, -0.2) is 4.99 Å². The molecule has 1 aliphatic heterocycles. The molecule has 0 aromatic heterocycles. The molecule has 0 unspecified atom stereocenters. The highest BCUT2D eigenvalue weighted by atomic mass is 16.7. The van der Waals surface area contributed by atoms with Gasteiger partial charge in [-0.1, -0.05) is 18.2 Å². The highest BCUT2D eigenvalue weighted by Gasteiger charge is 2.12. The van der Waals surface area contributed by atoms with Gasteiger partial charge in [-0.3, -0.25) is 0 Å². The van der Waals surface area contributed by atoms with E-state index in [9.17, 15) is 0 Å². The monoisotopic (exact) mass is 261 g/mol. The standard InChI is InChI=1S/C14H19N3O2/c1-10(2)8-17-14(15)16-6-5-11-3-4-12-13(7-11)19-9-18-12/h3-4,7H,1,5-6,8-9H2,2H3,(H3,15,16,17). The number of benzene rings is 1. The van der Waals surface area contributed by atoms with E-state index in [1.54, 1.807) is 0 Å². The van der Waals surface area contributed by atoms with Crippen LogP contribution in [-0.2, 0) is 6.42 Å². The molecule has 0 aliphatic carbocycles. The van der Waals surface area contributed by atoms with Crippen molar-refractivity contribution in [2.75, 3.05) is 19.9 Å². The number of nitrogens with zero attached hydrogens (tertiary/aromatic N) is 1. The summed E-state index contributed by atoms with van der Waals surface area (Å²) >= 11 is 0. The summed E-state index contributed by atoms with van der Waals surface area (Å²) in [5, 5.41) is 3.07. The summed E-state index contributed by atoms with van der Waals surface area (Å²) < 4.78 is 10.6. The van der Waals surface area contributed by atoms with Gasteiger partial charge in [0, 0.05) is 6.54 Å². The number of nitrogens with two attached hydrogens (primary N) is 1. The number of rotatable bonds is 5. The van der Waals surface area contributed by atoms with Gasteiger partial charge in [-0.2, -0.15) is 0 Å². The topological polar surface area (TPSA) is 68.9 Å². The molecular formula is C14H19N3O2. The Hall–Kier alpha value is -2.17. The smallest absolute Gasteiger partial charge is 0.231 e. The minimum atomic E-state index is 0.303. The van der Waals surface area contributed by atoms with Crippen molar-refractivity contribution in [2.45, 2.75) is 13.3 Å². The molecule has 102 valence electrons. The Balaban J connectivity index is 1.79. The van der Waals surface area contributed by atoms with Crippen LogP contribution in [0.2, 0.25) is 0 Å². The molecule has 0 atom stereocenters. The first-order valence-corrected chi connectivity index (χ1v) is 6.22. The van der Waals surface area contributed by atoms with E-state index in [4.69, 9.17) is 15.2 Å². The summed E-state index contributed by atoms with van der Waals surface area (Å²) in [4.78, 5) is 4.15. The molecule has 5 nitrogen and oxygen atoms in total. The van der Waals surface area contributed by atoms with Gasteiger partial charge in [-0.05, 0) is 31.0 Å². The van der Waals surface area contributed by atoms with E-state index in [1.165, 1.54) is 5.56 Å². The number of fused-ring (bicyclic) bond motifs is 1. The Morgan fingerprint density at radius 2 is 2.21 bits per heavy atom. The lowest BCUT2D eigenvalue weighted by molar-refractivity contribution is 0.174. The van der Waals surface area contributed by atoms with Gasteiger partial charge in [0.25, 0.3) is 0 Å². The lowest BCUT2D eigenvalue weighted by atomic mass is 10.1. The summed E-state index contributed by atoms with van der Waals surface area (Å²) in [5.41, 5.74) is 7.89. The van der Waals surface area contributed by atoms with E-state index in [0.717, 1.165) is 30.0 Å². The second-order valence-electron chi connectivity index (χ2n) is 4.52. The first kappa shape index (κ1) is 13.3. The third-order valence-electron chi connectivity index (χ3n) is 2.68. The third-order valence-corrected chi connectivity index (χ3v) is 2.68. The number of ether oxygens (including phenoxy) is 2. The number of aliphatic imine (C=N–C) groups is 1. The lowest BCUT2D eigenvalue weighted by Crippen LogP contribution is -2.33. The van der Waals surface area contributed by atoms with Crippen LogP contribution in [0.25, 0.3) is 0 Å². The third kappa shape index (κ3) is 3.91.